The highest BCUT2D eigenvalue weighted by atomic mass is 16.7. The van der Waals surface area contributed by atoms with Gasteiger partial charge in [0.15, 0.2) is 6.17 Å². The van der Waals surface area contributed by atoms with Gasteiger partial charge in [-0.3, -0.25) is 0 Å². The number of rotatable bonds is 2. The van der Waals surface area contributed by atoms with Gasteiger partial charge in [-0.25, -0.2) is 4.79 Å². The maximum absolute atomic E-state index is 10.5. The molecule has 52 valence electrons. The van der Waals surface area contributed by atoms with E-state index in [0.717, 1.165) is 13.1 Å². The Kier molecular flexibility index (Phi) is 1.65. The van der Waals surface area contributed by atoms with Crippen molar-refractivity contribution in [1.29, 1.82) is 0 Å². The molecule has 1 fully saturated rings. The Morgan fingerprint density at radius 3 is 2.44 bits per heavy atom. The molecule has 0 aliphatic carbocycles. The van der Waals surface area contributed by atoms with Crippen LogP contribution in [0.5, 0.6) is 0 Å². The summed E-state index contributed by atoms with van der Waals surface area (Å²) in [6.07, 6.45) is -1.01. The monoisotopic (exact) mass is 131 g/mol. The Morgan fingerprint density at radius 2 is 2.11 bits per heavy atom. The van der Waals surface area contributed by atoms with E-state index in [4.69, 9.17) is 11.5 Å². The Hall–Kier alpha value is -0.650. The first-order chi connectivity index (χ1) is 4.20. The third kappa shape index (κ3) is 1.96. The number of nitrogens with two attached hydrogens (primary N) is 2. The molecule has 5 nitrogen and oxygen atoms in total. The van der Waals surface area contributed by atoms with Crippen LogP contribution in [0.15, 0.2) is 0 Å². The van der Waals surface area contributed by atoms with Crippen LogP contribution in [0.2, 0.25) is 0 Å². The molecule has 0 aromatic rings. The Balaban J connectivity index is 2.17. The minimum absolute atomic E-state index is 0.576. The third-order valence-corrected chi connectivity index (χ3v) is 0.897. The Labute approximate surface area is 52.5 Å². The standard InChI is InChI=1S/C4H9N3O2/c5-3(6)4(8)9-7-1-2-7/h3H,1-2,5-6H2. The van der Waals surface area contributed by atoms with Crippen molar-refractivity contribution in [2.24, 2.45) is 11.5 Å². The number of hydroxylamine groups is 2. The first-order valence-electron chi connectivity index (χ1n) is 2.68. The molecular formula is C4H9N3O2. The highest BCUT2D eigenvalue weighted by Crippen LogP contribution is 2.03. The highest BCUT2D eigenvalue weighted by Gasteiger charge is 2.24. The van der Waals surface area contributed by atoms with E-state index in [9.17, 15) is 4.79 Å². The van der Waals surface area contributed by atoms with Crippen molar-refractivity contribution in [2.45, 2.75) is 6.17 Å². The molecule has 1 saturated heterocycles. The van der Waals surface area contributed by atoms with E-state index in [0.29, 0.717) is 0 Å². The topological polar surface area (TPSA) is 81.4 Å². The summed E-state index contributed by atoms with van der Waals surface area (Å²) in [4.78, 5) is 15.0. The molecule has 0 radical (unpaired) electrons. The zero-order chi connectivity index (χ0) is 6.85. The molecule has 0 unspecified atom stereocenters. The van der Waals surface area contributed by atoms with Gasteiger partial charge >= 0.3 is 5.97 Å². The van der Waals surface area contributed by atoms with Gasteiger partial charge in [0, 0.05) is 0 Å². The Morgan fingerprint density at radius 1 is 1.56 bits per heavy atom. The number of carbonyl (C=O) groups is 1. The van der Waals surface area contributed by atoms with E-state index >= 15 is 0 Å². The van der Waals surface area contributed by atoms with Crippen molar-refractivity contribution in [1.82, 2.24) is 5.06 Å². The van der Waals surface area contributed by atoms with Crippen LogP contribution < -0.4 is 11.5 Å². The molecule has 0 bridgehead atoms. The molecule has 0 atom stereocenters. The van der Waals surface area contributed by atoms with Crippen LogP contribution in [0.1, 0.15) is 0 Å². The van der Waals surface area contributed by atoms with Crippen molar-refractivity contribution < 1.29 is 9.63 Å². The highest BCUT2D eigenvalue weighted by molar-refractivity contribution is 5.74. The summed E-state index contributed by atoms with van der Waals surface area (Å²) >= 11 is 0. The summed E-state index contributed by atoms with van der Waals surface area (Å²) in [5.74, 6) is -0.576. The van der Waals surface area contributed by atoms with Gasteiger partial charge in [-0.15, -0.1) is 5.06 Å². The summed E-state index contributed by atoms with van der Waals surface area (Å²) in [6.45, 7) is 1.58. The SMILES string of the molecule is NC(N)C(=O)ON1CC1. The second-order valence-electron chi connectivity index (χ2n) is 1.87. The summed E-state index contributed by atoms with van der Waals surface area (Å²) in [6, 6.07) is 0. The molecule has 1 heterocycles. The Bertz CT molecular complexity index is 121. The fourth-order valence-electron chi connectivity index (χ4n) is 0.320. The van der Waals surface area contributed by atoms with Crippen molar-refractivity contribution in [3.8, 4) is 0 Å². The molecule has 4 N–H and O–H groups in total. The molecule has 0 spiro atoms. The van der Waals surface area contributed by atoms with Crippen LogP contribution in [-0.4, -0.2) is 30.3 Å². The number of hydrogen-bond donors (Lipinski definition) is 2. The lowest BCUT2D eigenvalue weighted by Crippen LogP contribution is -2.41. The summed E-state index contributed by atoms with van der Waals surface area (Å²) in [5, 5.41) is 1.48. The summed E-state index contributed by atoms with van der Waals surface area (Å²) in [7, 11) is 0. The van der Waals surface area contributed by atoms with Crippen molar-refractivity contribution in [3.05, 3.63) is 0 Å². The fourth-order valence-corrected chi connectivity index (χ4v) is 0.320. The van der Waals surface area contributed by atoms with E-state index in [1.54, 1.807) is 0 Å². The van der Waals surface area contributed by atoms with Crippen molar-refractivity contribution in [3.63, 3.8) is 0 Å². The average molecular weight is 131 g/mol. The molecule has 0 aromatic heterocycles. The third-order valence-electron chi connectivity index (χ3n) is 0.897. The van der Waals surface area contributed by atoms with Crippen LogP contribution in [-0.2, 0) is 9.63 Å². The van der Waals surface area contributed by atoms with Crippen LogP contribution >= 0.6 is 0 Å². The van der Waals surface area contributed by atoms with E-state index in [2.05, 4.69) is 4.84 Å². The molecule has 0 saturated carbocycles. The van der Waals surface area contributed by atoms with Gasteiger partial charge < -0.3 is 16.3 Å². The molecule has 5 heteroatoms. The first kappa shape index (κ1) is 6.47. The molecule has 1 rings (SSSR count). The van der Waals surface area contributed by atoms with Gasteiger partial charge in [0.05, 0.1) is 13.1 Å². The zero-order valence-corrected chi connectivity index (χ0v) is 4.91. The number of nitrogens with zero attached hydrogens (tertiary/aromatic N) is 1. The first-order valence-corrected chi connectivity index (χ1v) is 2.68. The second kappa shape index (κ2) is 2.30. The quantitative estimate of drug-likeness (QED) is 0.335. The van der Waals surface area contributed by atoms with E-state index in [1.807, 2.05) is 0 Å². The maximum Gasteiger partial charge on any atom is 0.356 e. The van der Waals surface area contributed by atoms with Gasteiger partial charge in [0.25, 0.3) is 0 Å². The lowest BCUT2D eigenvalue weighted by molar-refractivity contribution is -0.167. The summed E-state index contributed by atoms with van der Waals surface area (Å²) < 4.78 is 0. The minimum atomic E-state index is -1.01. The van der Waals surface area contributed by atoms with E-state index in [1.165, 1.54) is 5.06 Å². The molecule has 1 aliphatic heterocycles. The van der Waals surface area contributed by atoms with Crippen molar-refractivity contribution in [2.75, 3.05) is 13.1 Å². The van der Waals surface area contributed by atoms with E-state index < -0.39 is 12.1 Å². The zero-order valence-electron chi connectivity index (χ0n) is 4.91. The lowest BCUT2D eigenvalue weighted by Gasteiger charge is -2.04. The van der Waals surface area contributed by atoms with Gasteiger partial charge in [0.1, 0.15) is 0 Å². The molecule has 1 aliphatic rings. The lowest BCUT2D eigenvalue weighted by atomic mass is 10.6. The van der Waals surface area contributed by atoms with Gasteiger partial charge in [-0.05, 0) is 0 Å². The largest absolute Gasteiger partial charge is 0.365 e. The summed E-state index contributed by atoms with van der Waals surface area (Å²) in [5.41, 5.74) is 9.98. The predicted molar refractivity (Wildman–Crippen MR) is 29.8 cm³/mol. The van der Waals surface area contributed by atoms with Crippen LogP contribution in [0.4, 0.5) is 0 Å². The second-order valence-corrected chi connectivity index (χ2v) is 1.87. The van der Waals surface area contributed by atoms with Crippen LogP contribution in [0.25, 0.3) is 0 Å². The number of hydrogen-bond acceptors (Lipinski definition) is 5. The molecule has 0 amide bonds. The molecular weight excluding hydrogens is 122 g/mol. The normalized spacial score (nSPS) is 18.1. The average Bonchev–Trinajstić information content (AvgIpc) is 2.50. The van der Waals surface area contributed by atoms with Crippen LogP contribution in [0.3, 0.4) is 0 Å². The van der Waals surface area contributed by atoms with Gasteiger partial charge in [0.2, 0.25) is 0 Å². The minimum Gasteiger partial charge on any atom is -0.365 e. The van der Waals surface area contributed by atoms with Crippen molar-refractivity contribution >= 4 is 5.97 Å². The predicted octanol–water partition coefficient (Wildman–Crippen LogP) is -2.00. The fraction of sp³-hybridized carbons (Fsp3) is 0.750. The van der Waals surface area contributed by atoms with Gasteiger partial charge in [-0.1, -0.05) is 0 Å². The van der Waals surface area contributed by atoms with Crippen LogP contribution in [0, 0.1) is 0 Å². The van der Waals surface area contributed by atoms with E-state index in [-0.39, 0.29) is 0 Å². The molecule has 0 aromatic carbocycles. The smallest absolute Gasteiger partial charge is 0.356 e. The number of carbonyl (C=O) groups excluding carboxylic acids is 1. The molecule has 9 heavy (non-hydrogen) atoms. The van der Waals surface area contributed by atoms with Gasteiger partial charge in [-0.2, -0.15) is 0 Å². The maximum atomic E-state index is 10.5.